The third-order valence-electron chi connectivity index (χ3n) is 5.59. The molecule has 1 aliphatic heterocycles. The summed E-state index contributed by atoms with van der Waals surface area (Å²) in [5, 5.41) is 2.95. The summed E-state index contributed by atoms with van der Waals surface area (Å²) in [7, 11) is -2.32. The quantitative estimate of drug-likeness (QED) is 0.718. The fourth-order valence-electron chi connectivity index (χ4n) is 3.88. The summed E-state index contributed by atoms with van der Waals surface area (Å²) < 4.78 is 33.5. The molecule has 1 N–H and O–H groups in total. The number of carbonyl (C=O) groups excluding carboxylic acids is 1. The van der Waals surface area contributed by atoms with E-state index >= 15 is 0 Å². The number of methoxy groups -OCH3 is 1. The molecule has 2 aromatic carbocycles. The summed E-state index contributed by atoms with van der Waals surface area (Å²) in [6.45, 7) is 7.22. The van der Waals surface area contributed by atoms with E-state index in [4.69, 9.17) is 4.74 Å². The number of nitrogens with zero attached hydrogens (tertiary/aromatic N) is 1. The molecule has 0 unspecified atom stereocenters. The van der Waals surface area contributed by atoms with Crippen molar-refractivity contribution in [2.24, 2.45) is 0 Å². The number of hydrogen-bond acceptors (Lipinski definition) is 4. The molecular formula is C24H32N2O4S. The molecule has 1 saturated heterocycles. The second-order valence-corrected chi connectivity index (χ2v) is 10.8. The number of amides is 1. The maximum atomic E-state index is 13.4. The van der Waals surface area contributed by atoms with Gasteiger partial charge in [-0.2, -0.15) is 4.31 Å². The number of hydrogen-bond donors (Lipinski definition) is 1. The number of ether oxygens (including phenoxy) is 1. The fourth-order valence-corrected chi connectivity index (χ4v) is 5.58. The summed E-state index contributed by atoms with van der Waals surface area (Å²) in [6, 6.07) is 12.2. The lowest BCUT2D eigenvalue weighted by Gasteiger charge is -2.23. The van der Waals surface area contributed by atoms with Gasteiger partial charge in [-0.25, -0.2) is 8.42 Å². The fraction of sp³-hybridized carbons (Fsp3) is 0.458. The van der Waals surface area contributed by atoms with E-state index in [0.29, 0.717) is 18.8 Å². The van der Waals surface area contributed by atoms with Crippen molar-refractivity contribution in [1.82, 2.24) is 4.31 Å². The maximum Gasteiger partial charge on any atom is 0.255 e. The molecule has 0 saturated carbocycles. The predicted molar refractivity (Wildman–Crippen MR) is 123 cm³/mol. The molecule has 31 heavy (non-hydrogen) atoms. The van der Waals surface area contributed by atoms with Crippen molar-refractivity contribution in [3.63, 3.8) is 0 Å². The Morgan fingerprint density at radius 1 is 1.00 bits per heavy atom. The van der Waals surface area contributed by atoms with Gasteiger partial charge in [-0.05, 0) is 48.1 Å². The van der Waals surface area contributed by atoms with Crippen molar-refractivity contribution in [3.05, 3.63) is 53.6 Å². The van der Waals surface area contributed by atoms with Crippen molar-refractivity contribution in [3.8, 4) is 5.75 Å². The Hall–Kier alpha value is -2.38. The summed E-state index contributed by atoms with van der Waals surface area (Å²) in [5.74, 6) is -0.109. The number of carbonyl (C=O) groups is 1. The molecule has 0 aromatic heterocycles. The second-order valence-electron chi connectivity index (χ2n) is 8.93. The average molecular weight is 445 g/mol. The minimum atomic E-state index is -3.76. The lowest BCUT2D eigenvalue weighted by atomic mass is 9.86. The molecule has 0 spiro atoms. The van der Waals surface area contributed by atoms with Gasteiger partial charge in [-0.15, -0.1) is 0 Å². The number of benzene rings is 2. The highest BCUT2D eigenvalue weighted by Crippen LogP contribution is 2.32. The average Bonchev–Trinajstić information content (AvgIpc) is 3.03. The standard InChI is InChI=1S/C24H32N2O4S/c1-24(2,3)19-11-7-8-12-20(19)25-23(27)18-13-14-21(30-4)22(17-18)31(28,29)26-15-9-5-6-10-16-26/h7-8,11-14,17H,5-6,9-10,15-16H2,1-4H3,(H,25,27). The van der Waals surface area contributed by atoms with Gasteiger partial charge < -0.3 is 10.1 Å². The largest absolute Gasteiger partial charge is 0.495 e. The molecule has 6 nitrogen and oxygen atoms in total. The zero-order valence-electron chi connectivity index (χ0n) is 18.8. The first kappa shape index (κ1) is 23.3. The molecule has 3 rings (SSSR count). The molecule has 1 heterocycles. The number of anilines is 1. The van der Waals surface area contributed by atoms with Crippen LogP contribution in [-0.4, -0.2) is 38.8 Å². The summed E-state index contributed by atoms with van der Waals surface area (Å²) in [5.41, 5.74) is 1.85. The Bertz CT molecular complexity index is 1030. The molecule has 1 aliphatic rings. The van der Waals surface area contributed by atoms with Gasteiger partial charge in [0.25, 0.3) is 5.91 Å². The number of nitrogens with one attached hydrogen (secondary N) is 1. The van der Waals surface area contributed by atoms with Crippen LogP contribution in [0.4, 0.5) is 5.69 Å². The van der Waals surface area contributed by atoms with Gasteiger partial charge in [0.15, 0.2) is 0 Å². The van der Waals surface area contributed by atoms with Gasteiger partial charge >= 0.3 is 0 Å². The van der Waals surface area contributed by atoms with Crippen molar-refractivity contribution >= 4 is 21.6 Å². The normalized spacial score (nSPS) is 15.9. The Kier molecular flexibility index (Phi) is 7.06. The zero-order valence-corrected chi connectivity index (χ0v) is 19.6. The first-order valence-electron chi connectivity index (χ1n) is 10.7. The Morgan fingerprint density at radius 3 is 2.26 bits per heavy atom. The minimum absolute atomic E-state index is 0.0358. The van der Waals surface area contributed by atoms with Crippen LogP contribution in [0.25, 0.3) is 0 Å². The molecule has 168 valence electrons. The minimum Gasteiger partial charge on any atom is -0.495 e. The van der Waals surface area contributed by atoms with Gasteiger partial charge in [0.05, 0.1) is 7.11 Å². The van der Waals surface area contributed by atoms with Crippen molar-refractivity contribution < 1.29 is 17.9 Å². The Balaban J connectivity index is 1.95. The third kappa shape index (κ3) is 5.28. The second kappa shape index (κ2) is 9.40. The molecule has 2 aromatic rings. The molecule has 1 amide bonds. The molecule has 7 heteroatoms. The van der Waals surface area contributed by atoms with E-state index in [1.54, 1.807) is 12.1 Å². The molecule has 0 bridgehead atoms. The van der Waals surface area contributed by atoms with E-state index in [1.807, 2.05) is 24.3 Å². The van der Waals surface area contributed by atoms with E-state index in [0.717, 1.165) is 31.2 Å². The number of para-hydroxylation sites is 1. The molecule has 0 atom stereocenters. The van der Waals surface area contributed by atoms with E-state index in [9.17, 15) is 13.2 Å². The van der Waals surface area contributed by atoms with Crippen LogP contribution in [0.2, 0.25) is 0 Å². The lowest BCUT2D eigenvalue weighted by molar-refractivity contribution is 0.102. The first-order valence-corrected chi connectivity index (χ1v) is 12.2. The van der Waals surface area contributed by atoms with Crippen molar-refractivity contribution in [1.29, 1.82) is 0 Å². The van der Waals surface area contributed by atoms with Gasteiger partial charge in [0, 0.05) is 24.3 Å². The van der Waals surface area contributed by atoms with E-state index in [-0.39, 0.29) is 27.5 Å². The van der Waals surface area contributed by atoms with Gasteiger partial charge in [-0.1, -0.05) is 51.8 Å². The molecule has 0 radical (unpaired) electrons. The number of rotatable bonds is 5. The highest BCUT2D eigenvalue weighted by molar-refractivity contribution is 7.89. The van der Waals surface area contributed by atoms with E-state index in [2.05, 4.69) is 26.1 Å². The Labute approximate surface area is 185 Å². The maximum absolute atomic E-state index is 13.4. The third-order valence-corrected chi connectivity index (χ3v) is 7.51. The van der Waals surface area contributed by atoms with E-state index < -0.39 is 10.0 Å². The van der Waals surface area contributed by atoms with Crippen molar-refractivity contribution in [2.75, 3.05) is 25.5 Å². The van der Waals surface area contributed by atoms with Gasteiger partial charge in [0.1, 0.15) is 10.6 Å². The van der Waals surface area contributed by atoms with Crippen LogP contribution >= 0.6 is 0 Å². The molecule has 0 aliphatic carbocycles. The molecular weight excluding hydrogens is 412 g/mol. The SMILES string of the molecule is COc1ccc(C(=O)Nc2ccccc2C(C)(C)C)cc1S(=O)(=O)N1CCCCCC1. The van der Waals surface area contributed by atoms with Crippen LogP contribution in [0, 0.1) is 0 Å². The summed E-state index contributed by atoms with van der Waals surface area (Å²) in [4.78, 5) is 13.1. The van der Waals surface area contributed by atoms with Crippen LogP contribution in [0.3, 0.4) is 0 Å². The Morgan fingerprint density at radius 2 is 1.65 bits per heavy atom. The predicted octanol–water partition coefficient (Wildman–Crippen LogP) is 4.81. The monoisotopic (exact) mass is 444 g/mol. The lowest BCUT2D eigenvalue weighted by Crippen LogP contribution is -2.32. The van der Waals surface area contributed by atoms with E-state index in [1.165, 1.54) is 17.5 Å². The van der Waals surface area contributed by atoms with Crippen LogP contribution in [0.15, 0.2) is 47.4 Å². The van der Waals surface area contributed by atoms with Crippen LogP contribution in [0.1, 0.15) is 62.4 Å². The smallest absolute Gasteiger partial charge is 0.255 e. The summed E-state index contributed by atoms with van der Waals surface area (Å²) >= 11 is 0. The topological polar surface area (TPSA) is 75.7 Å². The van der Waals surface area contributed by atoms with Crippen LogP contribution < -0.4 is 10.1 Å². The van der Waals surface area contributed by atoms with Crippen LogP contribution in [-0.2, 0) is 15.4 Å². The zero-order chi connectivity index (χ0) is 22.6. The van der Waals surface area contributed by atoms with Gasteiger partial charge in [-0.3, -0.25) is 4.79 Å². The highest BCUT2D eigenvalue weighted by atomic mass is 32.2. The molecule has 1 fully saturated rings. The van der Waals surface area contributed by atoms with Crippen LogP contribution in [0.5, 0.6) is 5.75 Å². The highest BCUT2D eigenvalue weighted by Gasteiger charge is 2.29. The van der Waals surface area contributed by atoms with Gasteiger partial charge in [0.2, 0.25) is 10.0 Å². The summed E-state index contributed by atoms with van der Waals surface area (Å²) in [6.07, 6.45) is 3.73. The van der Waals surface area contributed by atoms with Crippen molar-refractivity contribution in [2.45, 2.75) is 56.8 Å². The first-order chi connectivity index (χ1) is 14.6. The number of sulfonamides is 1.